The summed E-state index contributed by atoms with van der Waals surface area (Å²) in [6, 6.07) is -0.0145. The van der Waals surface area contributed by atoms with Gasteiger partial charge in [0.1, 0.15) is 6.10 Å². The first-order chi connectivity index (χ1) is 15.5. The SMILES string of the molecule is C=C.C=C(OC1CC(C)N(O)C(C)(C)C1)c1nc(C/C=C\C(=C/N)C(=O)O)c(C)n1C.CC. The summed E-state index contributed by atoms with van der Waals surface area (Å²) >= 11 is 0. The maximum atomic E-state index is 11.0. The molecule has 2 unspecified atom stereocenters. The summed E-state index contributed by atoms with van der Waals surface area (Å²) in [7, 11) is 1.89. The summed E-state index contributed by atoms with van der Waals surface area (Å²) in [6.45, 7) is 21.9. The first-order valence-corrected chi connectivity index (χ1v) is 11.2. The molecule has 8 nitrogen and oxygen atoms in total. The van der Waals surface area contributed by atoms with Crippen LogP contribution in [0.3, 0.4) is 0 Å². The molecular formula is C25H42N4O4. The molecule has 33 heavy (non-hydrogen) atoms. The molecule has 1 aromatic heterocycles. The van der Waals surface area contributed by atoms with Gasteiger partial charge in [0.05, 0.1) is 11.3 Å². The van der Waals surface area contributed by atoms with E-state index >= 15 is 0 Å². The van der Waals surface area contributed by atoms with Crippen LogP contribution in [-0.2, 0) is 23.0 Å². The molecule has 0 aliphatic carbocycles. The molecule has 0 spiro atoms. The van der Waals surface area contributed by atoms with Gasteiger partial charge < -0.3 is 25.4 Å². The van der Waals surface area contributed by atoms with Gasteiger partial charge in [-0.05, 0) is 33.8 Å². The highest BCUT2D eigenvalue weighted by Gasteiger charge is 2.39. The van der Waals surface area contributed by atoms with Crippen molar-refractivity contribution in [1.82, 2.24) is 14.6 Å². The Morgan fingerprint density at radius 3 is 2.42 bits per heavy atom. The van der Waals surface area contributed by atoms with E-state index in [-0.39, 0.29) is 23.3 Å². The van der Waals surface area contributed by atoms with Crippen molar-refractivity contribution < 1.29 is 19.8 Å². The minimum absolute atomic E-state index is 0.0145. The lowest BCUT2D eigenvalue weighted by Gasteiger charge is -2.45. The maximum Gasteiger partial charge on any atom is 0.337 e. The normalized spacial score (nSPS) is 20.3. The van der Waals surface area contributed by atoms with Crippen molar-refractivity contribution >= 4 is 11.7 Å². The second-order valence-electron chi connectivity index (χ2n) is 8.17. The summed E-state index contributed by atoms with van der Waals surface area (Å²) in [4.78, 5) is 15.6. The molecule has 2 atom stereocenters. The van der Waals surface area contributed by atoms with Gasteiger partial charge in [0.2, 0.25) is 0 Å². The van der Waals surface area contributed by atoms with Gasteiger partial charge in [-0.25, -0.2) is 9.78 Å². The number of rotatable bonds is 7. The number of allylic oxidation sites excluding steroid dienone is 1. The molecule has 1 aliphatic rings. The number of carboxylic acids is 1. The van der Waals surface area contributed by atoms with Gasteiger partial charge in [0.15, 0.2) is 11.6 Å². The molecule has 186 valence electrons. The molecule has 8 heteroatoms. The van der Waals surface area contributed by atoms with Crippen molar-refractivity contribution in [2.75, 3.05) is 0 Å². The minimum atomic E-state index is -1.07. The molecule has 0 bridgehead atoms. The van der Waals surface area contributed by atoms with Crippen molar-refractivity contribution in [2.24, 2.45) is 12.8 Å². The van der Waals surface area contributed by atoms with E-state index in [9.17, 15) is 10.0 Å². The fourth-order valence-corrected chi connectivity index (χ4v) is 3.73. The molecule has 1 aromatic rings. The van der Waals surface area contributed by atoms with Crippen LogP contribution in [0.4, 0.5) is 0 Å². The fraction of sp³-hybridized carbons (Fsp3) is 0.520. The number of hydrogen-bond donors (Lipinski definition) is 3. The first-order valence-electron chi connectivity index (χ1n) is 11.2. The van der Waals surface area contributed by atoms with E-state index in [1.165, 1.54) is 11.1 Å². The zero-order chi connectivity index (χ0) is 25.9. The molecule has 0 saturated carbocycles. The highest BCUT2D eigenvalue weighted by Crippen LogP contribution is 2.33. The number of imidazole rings is 1. The topological polar surface area (TPSA) is 114 Å². The Morgan fingerprint density at radius 2 is 1.94 bits per heavy atom. The second-order valence-corrected chi connectivity index (χ2v) is 8.17. The van der Waals surface area contributed by atoms with Crippen LogP contribution in [0.15, 0.2) is 43.7 Å². The van der Waals surface area contributed by atoms with Crippen LogP contribution >= 0.6 is 0 Å². The van der Waals surface area contributed by atoms with E-state index in [0.717, 1.165) is 17.6 Å². The van der Waals surface area contributed by atoms with Crippen molar-refractivity contribution in [3.8, 4) is 0 Å². The standard InChI is InChI=1S/C21H32N4O4.C2H6.C2H4/c1-13-10-17(11-21(4,5)25(13)28)29-15(3)19-23-18(14(2)24(19)6)9-7-8-16(12-22)20(26)27;2*1-2/h7-8,12-13,17,28H,3,9-11,22H2,1-2,4-6H3,(H,26,27);1-2H3;1-2H2/b8-7-,16-12+;;. The van der Waals surface area contributed by atoms with Gasteiger partial charge in [0.25, 0.3) is 0 Å². The predicted octanol–water partition coefficient (Wildman–Crippen LogP) is 4.59. The zero-order valence-electron chi connectivity index (χ0n) is 21.3. The number of nitrogens with two attached hydrogens (primary N) is 1. The summed E-state index contributed by atoms with van der Waals surface area (Å²) < 4.78 is 8.05. The van der Waals surface area contributed by atoms with Crippen LogP contribution in [0, 0.1) is 6.92 Å². The smallest absolute Gasteiger partial charge is 0.337 e. The van der Waals surface area contributed by atoms with Gasteiger partial charge in [-0.3, -0.25) is 0 Å². The lowest BCUT2D eigenvalue weighted by atomic mass is 9.87. The molecule has 4 N–H and O–H groups in total. The van der Waals surface area contributed by atoms with E-state index in [4.69, 9.17) is 15.6 Å². The summed E-state index contributed by atoms with van der Waals surface area (Å²) in [5.41, 5.74) is 6.72. The number of carbonyl (C=O) groups is 1. The quantitative estimate of drug-likeness (QED) is 0.235. The molecule has 1 saturated heterocycles. The summed E-state index contributed by atoms with van der Waals surface area (Å²) in [6.07, 6.45) is 6.01. The van der Waals surface area contributed by atoms with Gasteiger partial charge >= 0.3 is 5.97 Å². The van der Waals surface area contributed by atoms with E-state index in [2.05, 4.69) is 24.7 Å². The van der Waals surface area contributed by atoms with E-state index in [1.807, 2.05) is 53.2 Å². The number of piperidine rings is 1. The third kappa shape index (κ3) is 7.91. The average molecular weight is 463 g/mol. The Bertz CT molecular complexity index is 855. The minimum Gasteiger partial charge on any atom is -0.487 e. The molecule has 1 fully saturated rings. The van der Waals surface area contributed by atoms with Crippen LogP contribution in [0.2, 0.25) is 0 Å². The van der Waals surface area contributed by atoms with Crippen LogP contribution in [-0.4, -0.2) is 48.6 Å². The number of hydrogen-bond acceptors (Lipinski definition) is 6. The number of carboxylic acid groups (broad SMARTS) is 1. The van der Waals surface area contributed by atoms with E-state index < -0.39 is 5.97 Å². The highest BCUT2D eigenvalue weighted by atomic mass is 16.5. The van der Waals surface area contributed by atoms with E-state index in [0.29, 0.717) is 30.8 Å². The Kier molecular flexibility index (Phi) is 12.5. The number of hydroxylamine groups is 2. The lowest BCUT2D eigenvalue weighted by molar-refractivity contribution is -0.221. The van der Waals surface area contributed by atoms with Crippen LogP contribution in [0.1, 0.15) is 64.7 Å². The van der Waals surface area contributed by atoms with Crippen LogP contribution in [0.25, 0.3) is 5.76 Å². The van der Waals surface area contributed by atoms with Gasteiger partial charge in [-0.15, -0.1) is 13.2 Å². The molecule has 1 aliphatic heterocycles. The van der Waals surface area contributed by atoms with Crippen molar-refractivity contribution in [1.29, 1.82) is 0 Å². The van der Waals surface area contributed by atoms with Crippen molar-refractivity contribution in [2.45, 2.75) is 78.5 Å². The third-order valence-electron chi connectivity index (χ3n) is 5.44. The van der Waals surface area contributed by atoms with Crippen LogP contribution in [0.5, 0.6) is 0 Å². The monoisotopic (exact) mass is 462 g/mol. The average Bonchev–Trinajstić information content (AvgIpc) is 3.06. The van der Waals surface area contributed by atoms with Crippen molar-refractivity contribution in [3.63, 3.8) is 0 Å². The molecule has 2 heterocycles. The first kappa shape index (κ1) is 30.2. The molecule has 0 aromatic carbocycles. The highest BCUT2D eigenvalue weighted by molar-refractivity contribution is 5.89. The number of aromatic nitrogens is 2. The number of nitrogens with zero attached hydrogens (tertiary/aromatic N) is 3. The van der Waals surface area contributed by atoms with Gasteiger partial charge in [-0.2, -0.15) is 5.06 Å². The Morgan fingerprint density at radius 1 is 1.36 bits per heavy atom. The third-order valence-corrected chi connectivity index (χ3v) is 5.44. The molecular weight excluding hydrogens is 420 g/mol. The second kappa shape index (κ2) is 13.6. The van der Waals surface area contributed by atoms with Crippen LogP contribution < -0.4 is 5.73 Å². The molecule has 0 radical (unpaired) electrons. The van der Waals surface area contributed by atoms with Gasteiger partial charge in [0, 0.05) is 49.8 Å². The predicted molar refractivity (Wildman–Crippen MR) is 134 cm³/mol. The molecule has 2 rings (SSSR count). The fourth-order valence-electron chi connectivity index (χ4n) is 3.73. The van der Waals surface area contributed by atoms with Crippen molar-refractivity contribution in [3.05, 3.63) is 60.9 Å². The largest absolute Gasteiger partial charge is 0.487 e. The van der Waals surface area contributed by atoms with Gasteiger partial charge in [-0.1, -0.05) is 26.5 Å². The summed E-state index contributed by atoms with van der Waals surface area (Å²) in [5.74, 6) is 0.0453. The molecule has 0 amide bonds. The Labute approximate surface area is 198 Å². The maximum absolute atomic E-state index is 11.0. The summed E-state index contributed by atoms with van der Waals surface area (Å²) in [5, 5.41) is 20.6. The Hall–Kier alpha value is -2.84. The number of ether oxygens (including phenoxy) is 1. The Balaban J connectivity index is 0.00000242. The van der Waals surface area contributed by atoms with E-state index in [1.54, 1.807) is 6.08 Å². The lowest BCUT2D eigenvalue weighted by Crippen LogP contribution is -2.54. The number of aliphatic carboxylic acids is 1. The zero-order valence-corrected chi connectivity index (χ0v) is 21.3.